The summed E-state index contributed by atoms with van der Waals surface area (Å²) in [4.78, 5) is 11.2. The summed E-state index contributed by atoms with van der Waals surface area (Å²) in [5.74, 6) is 0.368. The van der Waals surface area contributed by atoms with Crippen molar-refractivity contribution >= 4 is 65.4 Å². The Balaban J connectivity index is 2.90. The number of ether oxygens (including phenoxy) is 1. The van der Waals surface area contributed by atoms with Crippen molar-refractivity contribution in [2.75, 3.05) is 5.88 Å². The minimum absolute atomic E-state index is 0.191. The highest BCUT2D eigenvalue weighted by Gasteiger charge is 2.12. The van der Waals surface area contributed by atoms with Gasteiger partial charge in [0.2, 0.25) is 0 Å². The van der Waals surface area contributed by atoms with Crippen molar-refractivity contribution in [3.8, 4) is 5.75 Å². The van der Waals surface area contributed by atoms with E-state index in [0.717, 1.165) is 4.47 Å². The lowest BCUT2D eigenvalue weighted by Gasteiger charge is -2.08. The third-order valence-corrected chi connectivity index (χ3v) is 3.30. The van der Waals surface area contributed by atoms with Gasteiger partial charge in [-0.15, -0.1) is 11.6 Å². The molecule has 2 nitrogen and oxygen atoms in total. The van der Waals surface area contributed by atoms with Crippen LogP contribution in [-0.2, 0) is 4.79 Å². The quantitative estimate of drug-likeness (QED) is 0.408. The number of rotatable bonds is 3. The summed E-state index contributed by atoms with van der Waals surface area (Å²) in [7, 11) is 0. The summed E-state index contributed by atoms with van der Waals surface area (Å²) in [6.45, 7) is 0. The van der Waals surface area contributed by atoms with Crippen molar-refractivity contribution in [1.29, 1.82) is 0 Å². The van der Waals surface area contributed by atoms with Gasteiger partial charge in [0.05, 0.1) is 15.4 Å². The molecule has 1 aromatic carbocycles. The molecule has 0 spiro atoms. The van der Waals surface area contributed by atoms with E-state index in [1.165, 1.54) is 0 Å². The predicted molar refractivity (Wildman–Crippen MR) is 70.5 cm³/mol. The molecule has 0 aliphatic heterocycles. The highest BCUT2D eigenvalue weighted by molar-refractivity contribution is 9.11. The topological polar surface area (TPSA) is 26.3 Å². The van der Waals surface area contributed by atoms with Gasteiger partial charge in [0.1, 0.15) is 0 Å². The average molecular weight is 421 g/mol. The number of halogens is 4. The minimum Gasteiger partial charge on any atom is -0.424 e. The summed E-state index contributed by atoms with van der Waals surface area (Å²) in [5, 5.41) is 0. The second-order valence-electron chi connectivity index (χ2n) is 2.61. The van der Waals surface area contributed by atoms with Crippen LogP contribution in [0.1, 0.15) is 6.42 Å². The zero-order valence-corrected chi connectivity index (χ0v) is 12.9. The lowest BCUT2D eigenvalue weighted by atomic mass is 10.3. The van der Waals surface area contributed by atoms with Crippen LogP contribution >= 0.6 is 59.4 Å². The maximum absolute atomic E-state index is 11.2. The fourth-order valence-corrected chi connectivity index (χ4v) is 3.44. The van der Waals surface area contributed by atoms with Crippen LogP contribution in [0.25, 0.3) is 0 Å². The van der Waals surface area contributed by atoms with E-state index in [0.29, 0.717) is 14.7 Å². The Morgan fingerprint density at radius 2 is 1.80 bits per heavy atom. The molecule has 0 saturated carbocycles. The molecule has 0 unspecified atom stereocenters. The van der Waals surface area contributed by atoms with Gasteiger partial charge in [-0.05, 0) is 44.0 Å². The first kappa shape index (κ1) is 13.5. The third kappa shape index (κ3) is 4.06. The lowest BCUT2D eigenvalue weighted by Crippen LogP contribution is -2.08. The predicted octanol–water partition coefficient (Wildman–Crippen LogP) is 4.51. The van der Waals surface area contributed by atoms with Gasteiger partial charge < -0.3 is 4.74 Å². The SMILES string of the molecule is O=C(CCCl)Oc1c(Br)cc(Br)cc1Br. The van der Waals surface area contributed by atoms with Crippen LogP contribution in [0.3, 0.4) is 0 Å². The minimum atomic E-state index is -0.353. The number of esters is 1. The second kappa shape index (κ2) is 6.23. The fraction of sp³-hybridized carbons (Fsp3) is 0.222. The van der Waals surface area contributed by atoms with Gasteiger partial charge in [0.25, 0.3) is 0 Å². The number of hydrogen-bond acceptors (Lipinski definition) is 2. The standard InChI is InChI=1S/C9H6Br3ClO2/c10-5-3-6(11)9(7(12)4-5)15-8(14)1-2-13/h3-4H,1-2H2. The van der Waals surface area contributed by atoms with Gasteiger partial charge in [-0.1, -0.05) is 15.9 Å². The summed E-state index contributed by atoms with van der Waals surface area (Å²) >= 11 is 15.4. The van der Waals surface area contributed by atoms with Crippen LogP contribution in [0.2, 0.25) is 0 Å². The molecule has 0 atom stereocenters. The van der Waals surface area contributed by atoms with Crippen LogP contribution in [0, 0.1) is 0 Å². The third-order valence-electron chi connectivity index (χ3n) is 1.48. The molecule has 1 rings (SSSR count). The zero-order chi connectivity index (χ0) is 11.4. The van der Waals surface area contributed by atoms with Crippen LogP contribution < -0.4 is 4.74 Å². The van der Waals surface area contributed by atoms with Crippen molar-refractivity contribution in [2.45, 2.75) is 6.42 Å². The van der Waals surface area contributed by atoms with Crippen molar-refractivity contribution in [3.63, 3.8) is 0 Å². The van der Waals surface area contributed by atoms with E-state index in [4.69, 9.17) is 16.3 Å². The van der Waals surface area contributed by atoms with Gasteiger partial charge in [0, 0.05) is 10.4 Å². The molecule has 0 aromatic heterocycles. The molecule has 0 bridgehead atoms. The number of carbonyl (C=O) groups is 1. The zero-order valence-electron chi connectivity index (χ0n) is 7.40. The molecule has 0 heterocycles. The highest BCUT2D eigenvalue weighted by atomic mass is 79.9. The Labute approximate surface area is 118 Å². The number of alkyl halides is 1. The number of benzene rings is 1. The first-order valence-electron chi connectivity index (χ1n) is 3.95. The molecule has 0 radical (unpaired) electrons. The summed E-state index contributed by atoms with van der Waals surface area (Å²) in [6, 6.07) is 3.60. The molecular formula is C9H6Br3ClO2. The molecule has 0 amide bonds. The summed E-state index contributed by atoms with van der Waals surface area (Å²) in [6.07, 6.45) is 0.191. The van der Waals surface area contributed by atoms with Gasteiger partial charge >= 0.3 is 5.97 Å². The van der Waals surface area contributed by atoms with Gasteiger partial charge in [-0.3, -0.25) is 4.79 Å². The van der Waals surface area contributed by atoms with E-state index in [1.807, 2.05) is 0 Å². The largest absolute Gasteiger partial charge is 0.424 e. The number of hydrogen-bond donors (Lipinski definition) is 0. The van der Waals surface area contributed by atoms with Crippen molar-refractivity contribution in [2.24, 2.45) is 0 Å². The molecule has 0 fully saturated rings. The normalized spacial score (nSPS) is 10.1. The average Bonchev–Trinajstić information content (AvgIpc) is 2.11. The Hall–Kier alpha value is 0.420. The second-order valence-corrected chi connectivity index (χ2v) is 5.61. The monoisotopic (exact) mass is 418 g/mol. The Morgan fingerprint density at radius 3 is 2.27 bits per heavy atom. The highest BCUT2D eigenvalue weighted by Crippen LogP contribution is 2.36. The molecule has 1 aromatic rings. The van der Waals surface area contributed by atoms with Gasteiger partial charge in [-0.25, -0.2) is 0 Å². The fourth-order valence-electron chi connectivity index (χ4n) is 0.868. The molecule has 0 N–H and O–H groups in total. The Kier molecular flexibility index (Phi) is 5.60. The van der Waals surface area contributed by atoms with Gasteiger partial charge in [0.15, 0.2) is 5.75 Å². The Bertz CT molecular complexity index is 359. The summed E-state index contributed by atoms with van der Waals surface area (Å²) in [5.41, 5.74) is 0. The number of carbonyl (C=O) groups excluding carboxylic acids is 1. The van der Waals surface area contributed by atoms with E-state index in [9.17, 15) is 4.79 Å². The maximum Gasteiger partial charge on any atom is 0.312 e. The van der Waals surface area contributed by atoms with Crippen molar-refractivity contribution in [3.05, 3.63) is 25.6 Å². The molecule has 82 valence electrons. The molecule has 0 saturated heterocycles. The van der Waals surface area contributed by atoms with E-state index >= 15 is 0 Å². The Morgan fingerprint density at radius 1 is 1.27 bits per heavy atom. The van der Waals surface area contributed by atoms with Crippen molar-refractivity contribution in [1.82, 2.24) is 0 Å². The molecular weight excluding hydrogens is 415 g/mol. The smallest absolute Gasteiger partial charge is 0.312 e. The van der Waals surface area contributed by atoms with Crippen LogP contribution in [-0.4, -0.2) is 11.8 Å². The van der Waals surface area contributed by atoms with Crippen LogP contribution in [0.15, 0.2) is 25.6 Å². The van der Waals surface area contributed by atoms with E-state index < -0.39 is 0 Å². The van der Waals surface area contributed by atoms with E-state index in [1.54, 1.807) is 12.1 Å². The van der Waals surface area contributed by atoms with Crippen molar-refractivity contribution < 1.29 is 9.53 Å². The maximum atomic E-state index is 11.2. The van der Waals surface area contributed by atoms with Crippen LogP contribution in [0.4, 0.5) is 0 Å². The van der Waals surface area contributed by atoms with E-state index in [-0.39, 0.29) is 18.3 Å². The summed E-state index contributed by atoms with van der Waals surface area (Å²) < 4.78 is 7.42. The molecule has 0 aliphatic carbocycles. The first-order valence-corrected chi connectivity index (χ1v) is 6.87. The molecule has 0 aliphatic rings. The van der Waals surface area contributed by atoms with Gasteiger partial charge in [-0.2, -0.15) is 0 Å². The molecule has 15 heavy (non-hydrogen) atoms. The lowest BCUT2D eigenvalue weighted by molar-refractivity contribution is -0.134. The first-order chi connectivity index (χ1) is 7.04. The molecule has 6 heteroatoms. The van der Waals surface area contributed by atoms with E-state index in [2.05, 4.69) is 47.8 Å². The van der Waals surface area contributed by atoms with Crippen LogP contribution in [0.5, 0.6) is 5.75 Å².